The van der Waals surface area contributed by atoms with E-state index in [4.69, 9.17) is 0 Å². The normalized spacial score (nSPS) is 15.1. The van der Waals surface area contributed by atoms with Gasteiger partial charge in [-0.15, -0.1) is 0 Å². The molecule has 2 N–H and O–H groups in total. The van der Waals surface area contributed by atoms with Crippen LogP contribution < -0.4 is 10.6 Å². The van der Waals surface area contributed by atoms with Crippen molar-refractivity contribution in [1.29, 1.82) is 0 Å². The van der Waals surface area contributed by atoms with Gasteiger partial charge in [0.25, 0.3) is 0 Å². The first-order valence-electron chi connectivity index (χ1n) is 4.82. The Morgan fingerprint density at radius 2 is 1.93 bits per heavy atom. The standard InChI is InChI=1S/C11H14N2O/c1-7-5-9-3-4-12-11(14)13-10(9)6-8(7)2/h5-6H,3-4H2,1-2H3,(H2,12,13,14). The molecule has 3 nitrogen and oxygen atoms in total. The van der Waals surface area contributed by atoms with Crippen LogP contribution in [0.15, 0.2) is 12.1 Å². The molecule has 0 fully saturated rings. The fourth-order valence-electron chi connectivity index (χ4n) is 1.68. The van der Waals surface area contributed by atoms with Crippen LogP contribution in [-0.4, -0.2) is 12.6 Å². The highest BCUT2D eigenvalue weighted by Gasteiger charge is 2.12. The zero-order valence-corrected chi connectivity index (χ0v) is 8.48. The van der Waals surface area contributed by atoms with E-state index in [-0.39, 0.29) is 6.03 Å². The van der Waals surface area contributed by atoms with Crippen LogP contribution in [-0.2, 0) is 6.42 Å². The number of nitrogens with one attached hydrogen (secondary N) is 2. The first-order chi connectivity index (χ1) is 6.66. The molecule has 0 unspecified atom stereocenters. The summed E-state index contributed by atoms with van der Waals surface area (Å²) in [7, 11) is 0. The molecule has 1 heterocycles. The molecule has 14 heavy (non-hydrogen) atoms. The van der Waals surface area contributed by atoms with E-state index in [9.17, 15) is 4.79 Å². The van der Waals surface area contributed by atoms with Gasteiger partial charge in [-0.25, -0.2) is 4.79 Å². The summed E-state index contributed by atoms with van der Waals surface area (Å²) in [6, 6.07) is 4.08. The largest absolute Gasteiger partial charge is 0.338 e. The lowest BCUT2D eigenvalue weighted by molar-refractivity contribution is 0.252. The Morgan fingerprint density at radius 1 is 1.21 bits per heavy atom. The van der Waals surface area contributed by atoms with E-state index >= 15 is 0 Å². The van der Waals surface area contributed by atoms with Crippen LogP contribution >= 0.6 is 0 Å². The van der Waals surface area contributed by atoms with E-state index < -0.39 is 0 Å². The number of amides is 2. The number of benzene rings is 1. The molecule has 0 saturated carbocycles. The van der Waals surface area contributed by atoms with E-state index in [1.807, 2.05) is 6.07 Å². The molecule has 74 valence electrons. The third-order valence-electron chi connectivity index (χ3n) is 2.65. The average molecular weight is 190 g/mol. The second-order valence-corrected chi connectivity index (χ2v) is 3.72. The van der Waals surface area contributed by atoms with Crippen LogP contribution in [0.3, 0.4) is 0 Å². The maximum absolute atomic E-state index is 11.2. The van der Waals surface area contributed by atoms with Gasteiger partial charge in [-0.05, 0) is 43.0 Å². The number of aryl methyl sites for hydroxylation is 2. The maximum atomic E-state index is 11.2. The number of hydrogen-bond acceptors (Lipinski definition) is 1. The topological polar surface area (TPSA) is 41.1 Å². The zero-order valence-electron chi connectivity index (χ0n) is 8.48. The number of anilines is 1. The molecular formula is C11H14N2O. The minimum atomic E-state index is -0.105. The number of carbonyl (C=O) groups is 1. The van der Waals surface area contributed by atoms with Crippen molar-refractivity contribution >= 4 is 11.7 Å². The number of hydrogen-bond donors (Lipinski definition) is 2. The van der Waals surface area contributed by atoms with Crippen molar-refractivity contribution in [2.45, 2.75) is 20.3 Å². The first-order valence-corrected chi connectivity index (χ1v) is 4.82. The lowest BCUT2D eigenvalue weighted by atomic mass is 10.0. The van der Waals surface area contributed by atoms with Gasteiger partial charge in [0, 0.05) is 12.2 Å². The van der Waals surface area contributed by atoms with Crippen LogP contribution in [0, 0.1) is 13.8 Å². The fraction of sp³-hybridized carbons (Fsp3) is 0.364. The molecular weight excluding hydrogens is 176 g/mol. The van der Waals surface area contributed by atoms with Crippen LogP contribution in [0.1, 0.15) is 16.7 Å². The van der Waals surface area contributed by atoms with E-state index in [0.717, 1.165) is 12.1 Å². The van der Waals surface area contributed by atoms with Gasteiger partial charge < -0.3 is 10.6 Å². The molecule has 0 radical (unpaired) electrons. The number of fused-ring (bicyclic) bond motifs is 1. The Morgan fingerprint density at radius 3 is 2.71 bits per heavy atom. The van der Waals surface area contributed by atoms with E-state index in [1.54, 1.807) is 0 Å². The minimum absolute atomic E-state index is 0.105. The Balaban J connectivity index is 2.46. The summed E-state index contributed by atoms with van der Waals surface area (Å²) in [5.74, 6) is 0. The van der Waals surface area contributed by atoms with Gasteiger partial charge in [0.2, 0.25) is 0 Å². The van der Waals surface area contributed by atoms with Gasteiger partial charge in [-0.3, -0.25) is 0 Å². The third kappa shape index (κ3) is 1.58. The summed E-state index contributed by atoms with van der Waals surface area (Å²) in [4.78, 5) is 11.2. The number of carbonyl (C=O) groups excluding carboxylic acids is 1. The monoisotopic (exact) mass is 190 g/mol. The van der Waals surface area contributed by atoms with Gasteiger partial charge in [-0.1, -0.05) is 6.07 Å². The van der Waals surface area contributed by atoms with E-state index in [2.05, 4.69) is 30.5 Å². The first kappa shape index (κ1) is 9.06. The molecule has 2 rings (SSSR count). The lowest BCUT2D eigenvalue weighted by Crippen LogP contribution is -2.27. The van der Waals surface area contributed by atoms with Crippen molar-refractivity contribution in [1.82, 2.24) is 5.32 Å². The number of urea groups is 1. The summed E-state index contributed by atoms with van der Waals surface area (Å²) in [5, 5.41) is 5.62. The van der Waals surface area contributed by atoms with Crippen molar-refractivity contribution in [2.75, 3.05) is 11.9 Å². The van der Waals surface area contributed by atoms with Crippen LogP contribution in [0.25, 0.3) is 0 Å². The predicted molar refractivity (Wildman–Crippen MR) is 56.6 cm³/mol. The Bertz CT molecular complexity index is 385. The highest BCUT2D eigenvalue weighted by Crippen LogP contribution is 2.22. The van der Waals surface area contributed by atoms with Crippen molar-refractivity contribution in [3.8, 4) is 0 Å². The second-order valence-electron chi connectivity index (χ2n) is 3.72. The summed E-state index contributed by atoms with van der Waals surface area (Å²) < 4.78 is 0. The second kappa shape index (κ2) is 3.33. The molecule has 1 aliphatic heterocycles. The smallest absolute Gasteiger partial charge is 0.319 e. The zero-order chi connectivity index (χ0) is 10.1. The summed E-state index contributed by atoms with van der Waals surface area (Å²) >= 11 is 0. The summed E-state index contributed by atoms with van der Waals surface area (Å²) in [6.45, 7) is 4.86. The highest BCUT2D eigenvalue weighted by molar-refractivity contribution is 5.91. The van der Waals surface area contributed by atoms with Gasteiger partial charge >= 0.3 is 6.03 Å². The van der Waals surface area contributed by atoms with Gasteiger partial charge in [-0.2, -0.15) is 0 Å². The molecule has 0 aliphatic carbocycles. The maximum Gasteiger partial charge on any atom is 0.319 e. The van der Waals surface area contributed by atoms with Crippen molar-refractivity contribution in [3.63, 3.8) is 0 Å². The van der Waals surface area contributed by atoms with E-state index in [1.165, 1.54) is 16.7 Å². The number of rotatable bonds is 0. The van der Waals surface area contributed by atoms with Crippen molar-refractivity contribution in [2.24, 2.45) is 0 Å². The summed E-state index contributed by atoms with van der Waals surface area (Å²) in [5.41, 5.74) is 4.65. The van der Waals surface area contributed by atoms with Crippen molar-refractivity contribution < 1.29 is 4.79 Å². The highest BCUT2D eigenvalue weighted by atomic mass is 16.2. The van der Waals surface area contributed by atoms with Crippen molar-refractivity contribution in [3.05, 3.63) is 28.8 Å². The average Bonchev–Trinajstić information content (AvgIpc) is 2.28. The lowest BCUT2D eigenvalue weighted by Gasteiger charge is -2.09. The Labute approximate surface area is 83.5 Å². The third-order valence-corrected chi connectivity index (χ3v) is 2.65. The minimum Gasteiger partial charge on any atom is -0.338 e. The Hall–Kier alpha value is -1.51. The van der Waals surface area contributed by atoms with Gasteiger partial charge in [0.05, 0.1) is 0 Å². The molecule has 1 aromatic carbocycles. The molecule has 0 saturated heterocycles. The molecule has 0 aromatic heterocycles. The van der Waals surface area contributed by atoms with Gasteiger partial charge in [0.15, 0.2) is 0 Å². The molecule has 3 heteroatoms. The SMILES string of the molecule is Cc1cc2c(cc1C)NC(=O)NCC2. The van der Waals surface area contributed by atoms with Crippen LogP contribution in [0.5, 0.6) is 0 Å². The quantitative estimate of drug-likeness (QED) is 0.645. The molecule has 0 bridgehead atoms. The molecule has 1 aliphatic rings. The fourth-order valence-corrected chi connectivity index (χ4v) is 1.68. The van der Waals surface area contributed by atoms with Crippen LogP contribution in [0.4, 0.5) is 10.5 Å². The van der Waals surface area contributed by atoms with E-state index in [0.29, 0.717) is 6.54 Å². The molecule has 2 amide bonds. The molecule has 0 spiro atoms. The predicted octanol–water partition coefficient (Wildman–Crippen LogP) is 1.98. The Kier molecular flexibility index (Phi) is 2.15. The molecule has 1 aromatic rings. The van der Waals surface area contributed by atoms with Crippen LogP contribution in [0.2, 0.25) is 0 Å². The summed E-state index contributed by atoms with van der Waals surface area (Å²) in [6.07, 6.45) is 0.898. The van der Waals surface area contributed by atoms with Gasteiger partial charge in [0.1, 0.15) is 0 Å². The molecule has 0 atom stereocenters.